The number of rotatable bonds is 50. The minimum absolute atomic E-state index is 0.0925. The number of phosphoric ester groups is 1. The molecule has 0 heterocycles. The summed E-state index contributed by atoms with van der Waals surface area (Å²) in [5.41, 5.74) is 5.39. The summed E-state index contributed by atoms with van der Waals surface area (Å²) in [6.45, 7) is 4.76. The van der Waals surface area contributed by atoms with E-state index in [-0.39, 0.29) is 32.3 Å². The monoisotopic (exact) mass is 942 g/mol. The van der Waals surface area contributed by atoms with Crippen LogP contribution in [0.4, 0.5) is 0 Å². The highest BCUT2D eigenvalue weighted by Crippen LogP contribution is 2.43. The zero-order chi connectivity index (χ0) is 48.0. The van der Waals surface area contributed by atoms with Gasteiger partial charge in [0.1, 0.15) is 6.10 Å². The van der Waals surface area contributed by atoms with E-state index in [9.17, 15) is 14.3 Å². The van der Waals surface area contributed by atoms with E-state index in [1.54, 1.807) is 0 Å². The summed E-state index contributed by atoms with van der Waals surface area (Å²) in [5.74, 6) is -0.343. The smallest absolute Gasteiger partial charge is 0.457 e. The highest BCUT2D eigenvalue weighted by atomic mass is 31.2. The van der Waals surface area contributed by atoms with Crippen molar-refractivity contribution in [2.75, 3.05) is 33.0 Å². The Morgan fingerprint density at radius 3 is 1.27 bits per heavy atom. The largest absolute Gasteiger partial charge is 0.472 e. The molecule has 0 aromatic carbocycles. The summed E-state index contributed by atoms with van der Waals surface area (Å²) < 4.78 is 33.6. The molecule has 380 valence electrons. The van der Waals surface area contributed by atoms with E-state index in [2.05, 4.69) is 111 Å². The van der Waals surface area contributed by atoms with Crippen LogP contribution >= 0.6 is 7.82 Å². The molecular weight excluding hydrogens is 842 g/mol. The Balaban J connectivity index is 4.00. The number of ether oxygens (including phenoxy) is 2. The molecule has 0 aliphatic rings. The van der Waals surface area contributed by atoms with Gasteiger partial charge in [0.15, 0.2) is 0 Å². The highest BCUT2D eigenvalue weighted by molar-refractivity contribution is 7.47. The van der Waals surface area contributed by atoms with Crippen LogP contribution in [0.5, 0.6) is 0 Å². The van der Waals surface area contributed by atoms with Crippen LogP contribution in [0.3, 0.4) is 0 Å². The third-order valence-corrected chi connectivity index (χ3v) is 12.0. The van der Waals surface area contributed by atoms with Crippen LogP contribution in [0.1, 0.15) is 219 Å². The van der Waals surface area contributed by atoms with Crippen molar-refractivity contribution in [3.63, 3.8) is 0 Å². The maximum absolute atomic E-state index is 12.7. The van der Waals surface area contributed by atoms with Gasteiger partial charge in [-0.25, -0.2) is 4.57 Å². The van der Waals surface area contributed by atoms with Gasteiger partial charge in [0.2, 0.25) is 0 Å². The minimum atomic E-state index is -4.30. The molecule has 0 fully saturated rings. The molecule has 0 radical (unpaired) electrons. The van der Waals surface area contributed by atoms with E-state index in [4.69, 9.17) is 24.3 Å². The second kappa shape index (κ2) is 53.4. The lowest BCUT2D eigenvalue weighted by atomic mass is 10.1. The van der Waals surface area contributed by atoms with Crippen molar-refractivity contribution in [3.05, 3.63) is 97.2 Å². The summed E-state index contributed by atoms with van der Waals surface area (Å²) in [5, 5.41) is 0. The summed E-state index contributed by atoms with van der Waals surface area (Å²) >= 11 is 0. The first-order valence-corrected chi connectivity index (χ1v) is 28.2. The second-order valence-electron chi connectivity index (χ2n) is 17.4. The van der Waals surface area contributed by atoms with E-state index in [1.165, 1.54) is 103 Å². The molecule has 0 saturated carbocycles. The molecule has 66 heavy (non-hydrogen) atoms. The first-order chi connectivity index (χ1) is 32.4. The Morgan fingerprint density at radius 1 is 0.470 bits per heavy atom. The zero-order valence-electron chi connectivity index (χ0n) is 42.4. The van der Waals surface area contributed by atoms with Crippen molar-refractivity contribution in [2.45, 2.75) is 225 Å². The van der Waals surface area contributed by atoms with E-state index in [0.29, 0.717) is 13.0 Å². The molecule has 8 nitrogen and oxygen atoms in total. The molecule has 0 bridgehead atoms. The molecular formula is C57H100NO7P. The van der Waals surface area contributed by atoms with Crippen molar-refractivity contribution in [1.29, 1.82) is 0 Å². The quantitative estimate of drug-likeness (QED) is 0.0268. The van der Waals surface area contributed by atoms with Gasteiger partial charge in [0, 0.05) is 19.6 Å². The van der Waals surface area contributed by atoms with E-state index < -0.39 is 13.9 Å². The molecule has 0 rings (SSSR count). The number of esters is 1. The van der Waals surface area contributed by atoms with Gasteiger partial charge >= 0.3 is 13.8 Å². The van der Waals surface area contributed by atoms with E-state index in [1.807, 2.05) is 0 Å². The molecule has 0 amide bonds. The molecule has 0 aromatic rings. The van der Waals surface area contributed by atoms with Gasteiger partial charge in [-0.15, -0.1) is 0 Å². The molecule has 0 spiro atoms. The normalized spacial score (nSPS) is 14.1. The first-order valence-electron chi connectivity index (χ1n) is 26.7. The molecule has 0 aliphatic carbocycles. The van der Waals surface area contributed by atoms with E-state index >= 15 is 0 Å². The third kappa shape index (κ3) is 52.4. The van der Waals surface area contributed by atoms with Gasteiger partial charge in [0.25, 0.3) is 0 Å². The number of allylic oxidation sites excluding steroid dienone is 16. The van der Waals surface area contributed by atoms with Gasteiger partial charge in [-0.1, -0.05) is 214 Å². The van der Waals surface area contributed by atoms with Crippen molar-refractivity contribution >= 4 is 13.8 Å². The number of hydrogen-bond acceptors (Lipinski definition) is 7. The van der Waals surface area contributed by atoms with Crippen molar-refractivity contribution in [3.8, 4) is 0 Å². The Kier molecular flexibility index (Phi) is 51.3. The third-order valence-electron chi connectivity index (χ3n) is 11.0. The lowest BCUT2D eigenvalue weighted by Crippen LogP contribution is -2.28. The van der Waals surface area contributed by atoms with Crippen LogP contribution in [0.25, 0.3) is 0 Å². The number of hydrogen-bond donors (Lipinski definition) is 2. The van der Waals surface area contributed by atoms with Crippen LogP contribution in [0, 0.1) is 0 Å². The van der Waals surface area contributed by atoms with Crippen molar-refractivity contribution in [2.24, 2.45) is 5.73 Å². The van der Waals surface area contributed by atoms with Gasteiger partial charge in [-0.3, -0.25) is 13.8 Å². The molecule has 2 atom stereocenters. The standard InChI is InChI=1S/C57H100NO7P/c1-3-5-7-9-11-13-15-17-19-21-23-25-27-28-29-30-32-34-36-38-40-42-44-46-48-50-57(59)65-56(55-64-66(60,61)63-53-51-58)54-62-52-49-47-45-43-41-39-37-35-33-31-26-24-22-20-18-16-14-12-10-8-6-4-2/h5,7,11,13,16-19,22-25,28-29,31,33,56H,3-4,6,8-10,12,14-15,20-21,26-27,30,32,34-55,58H2,1-2H3,(H,60,61)/b7-5-,13-11-,18-16-,19-17-,24-22-,25-23-,29-28-,33-31-. The van der Waals surface area contributed by atoms with Crippen LogP contribution < -0.4 is 5.73 Å². The Morgan fingerprint density at radius 2 is 0.848 bits per heavy atom. The van der Waals surface area contributed by atoms with Crippen LogP contribution in [-0.4, -0.2) is 49.9 Å². The van der Waals surface area contributed by atoms with Gasteiger partial charge < -0.3 is 20.1 Å². The number of carbonyl (C=O) groups is 1. The summed E-state index contributed by atoms with van der Waals surface area (Å²) in [6.07, 6.45) is 71.5. The molecule has 9 heteroatoms. The zero-order valence-corrected chi connectivity index (χ0v) is 43.3. The predicted molar refractivity (Wildman–Crippen MR) is 284 cm³/mol. The Bertz CT molecular complexity index is 1330. The first kappa shape index (κ1) is 63.4. The Hall–Kier alpha value is -2.58. The fourth-order valence-electron chi connectivity index (χ4n) is 7.09. The van der Waals surface area contributed by atoms with Gasteiger partial charge in [0.05, 0.1) is 19.8 Å². The summed E-state index contributed by atoms with van der Waals surface area (Å²) in [7, 11) is -4.30. The van der Waals surface area contributed by atoms with Crippen LogP contribution in [0.15, 0.2) is 97.2 Å². The number of unbranched alkanes of at least 4 members (excludes halogenated alkanes) is 21. The Labute approximate surface area is 406 Å². The van der Waals surface area contributed by atoms with Gasteiger partial charge in [-0.2, -0.15) is 0 Å². The summed E-state index contributed by atoms with van der Waals surface area (Å²) in [4.78, 5) is 22.6. The average molecular weight is 942 g/mol. The number of nitrogens with two attached hydrogens (primary N) is 1. The van der Waals surface area contributed by atoms with Crippen LogP contribution in [0.2, 0.25) is 0 Å². The topological polar surface area (TPSA) is 117 Å². The number of carbonyl (C=O) groups excluding carboxylic acids is 1. The SMILES string of the molecule is CC/C=C\C/C=C\C/C=C\C/C=C\C/C=C\CCCCCCCCCCCC(=O)OC(COCCCCCCCCC/C=C\C/C=C\C/C=C\CCCCCCC)COP(=O)(O)OCCN. The fraction of sp³-hybridized carbons (Fsp3) is 0.702. The molecule has 0 saturated heterocycles. The van der Waals surface area contributed by atoms with E-state index in [0.717, 1.165) is 96.3 Å². The molecule has 2 unspecified atom stereocenters. The predicted octanol–water partition coefficient (Wildman–Crippen LogP) is 17.0. The van der Waals surface area contributed by atoms with Crippen molar-refractivity contribution < 1.29 is 32.8 Å². The van der Waals surface area contributed by atoms with Crippen molar-refractivity contribution in [1.82, 2.24) is 0 Å². The highest BCUT2D eigenvalue weighted by Gasteiger charge is 2.25. The summed E-state index contributed by atoms with van der Waals surface area (Å²) in [6, 6.07) is 0. The average Bonchev–Trinajstić information content (AvgIpc) is 3.31. The van der Waals surface area contributed by atoms with Crippen LogP contribution in [-0.2, 0) is 27.9 Å². The number of phosphoric acid groups is 1. The lowest BCUT2D eigenvalue weighted by molar-refractivity contribution is -0.154. The van der Waals surface area contributed by atoms with Gasteiger partial charge in [-0.05, 0) is 96.3 Å². The fourth-order valence-corrected chi connectivity index (χ4v) is 7.85. The molecule has 0 aliphatic heterocycles. The maximum Gasteiger partial charge on any atom is 0.472 e. The minimum Gasteiger partial charge on any atom is -0.457 e. The molecule has 0 aromatic heterocycles. The maximum atomic E-state index is 12.7. The lowest BCUT2D eigenvalue weighted by Gasteiger charge is -2.20. The molecule has 3 N–H and O–H groups in total. The second-order valence-corrected chi connectivity index (χ2v) is 18.8.